The lowest BCUT2D eigenvalue weighted by atomic mass is 9.93. The molecule has 0 saturated carbocycles. The van der Waals surface area contributed by atoms with Gasteiger partial charge in [0.15, 0.2) is 0 Å². The van der Waals surface area contributed by atoms with Crippen molar-refractivity contribution < 1.29 is 45.7 Å². The van der Waals surface area contributed by atoms with E-state index >= 15 is 0 Å². The van der Waals surface area contributed by atoms with Crippen molar-refractivity contribution in [1.29, 1.82) is 0 Å². The number of aliphatic carboxylic acids is 1. The quantitative estimate of drug-likeness (QED) is 0.471. The van der Waals surface area contributed by atoms with Gasteiger partial charge in [-0.15, -0.1) is 26.3 Å². The fourth-order valence-electron chi connectivity index (χ4n) is 2.99. The number of hydrogen-bond acceptors (Lipinski definition) is 4. The molecule has 32 heavy (non-hydrogen) atoms. The summed E-state index contributed by atoms with van der Waals surface area (Å²) in [5.41, 5.74) is 1.53. The molecule has 5 nitrogen and oxygen atoms in total. The van der Waals surface area contributed by atoms with Gasteiger partial charge in [-0.25, -0.2) is 0 Å². The Morgan fingerprint density at radius 2 is 1.25 bits per heavy atom. The summed E-state index contributed by atoms with van der Waals surface area (Å²) in [6, 6.07) is 10.9. The lowest BCUT2D eigenvalue weighted by Gasteiger charge is -2.15. The smallest absolute Gasteiger partial charge is 0.481 e. The predicted octanol–water partition coefficient (Wildman–Crippen LogP) is 5.84. The van der Waals surface area contributed by atoms with Gasteiger partial charge in [0.05, 0.1) is 12.1 Å². The lowest BCUT2D eigenvalue weighted by molar-refractivity contribution is -0.275. The number of hydrogen-bond donors (Lipinski definition) is 1. The maximum Gasteiger partial charge on any atom is 0.573 e. The molecule has 0 saturated heterocycles. The van der Waals surface area contributed by atoms with Crippen molar-refractivity contribution in [2.45, 2.75) is 19.1 Å². The van der Waals surface area contributed by atoms with Gasteiger partial charge in [0.2, 0.25) is 0 Å². The average molecular weight is 457 g/mol. The second kappa shape index (κ2) is 8.77. The number of aromatic nitrogens is 1. The van der Waals surface area contributed by atoms with Gasteiger partial charge in [0, 0.05) is 17.3 Å². The van der Waals surface area contributed by atoms with Crippen molar-refractivity contribution in [3.63, 3.8) is 0 Å². The van der Waals surface area contributed by atoms with Gasteiger partial charge in [-0.2, -0.15) is 0 Å². The van der Waals surface area contributed by atoms with Crippen LogP contribution in [0.4, 0.5) is 26.3 Å². The first-order valence-electron chi connectivity index (χ1n) is 8.83. The Bertz CT molecular complexity index is 1090. The van der Waals surface area contributed by atoms with E-state index in [2.05, 4.69) is 14.5 Å². The topological polar surface area (TPSA) is 68.7 Å². The van der Waals surface area contributed by atoms with E-state index in [1.807, 2.05) is 0 Å². The molecule has 3 rings (SSSR count). The molecule has 0 atom stereocenters. The van der Waals surface area contributed by atoms with Gasteiger partial charge < -0.3 is 14.6 Å². The van der Waals surface area contributed by atoms with Crippen LogP contribution in [-0.4, -0.2) is 28.8 Å². The fraction of sp³-hybridized carbons (Fsp3) is 0.143. The largest absolute Gasteiger partial charge is 0.573 e. The maximum absolute atomic E-state index is 12.4. The number of carboxylic acid groups (broad SMARTS) is 1. The van der Waals surface area contributed by atoms with Crippen LogP contribution in [0.1, 0.15) is 5.56 Å². The summed E-state index contributed by atoms with van der Waals surface area (Å²) >= 11 is 0. The second-order valence-corrected chi connectivity index (χ2v) is 6.41. The van der Waals surface area contributed by atoms with E-state index < -0.39 is 36.6 Å². The first kappa shape index (κ1) is 22.9. The van der Waals surface area contributed by atoms with Crippen LogP contribution in [0, 0.1) is 0 Å². The van der Waals surface area contributed by atoms with E-state index in [1.165, 1.54) is 36.5 Å². The number of pyridine rings is 1. The van der Waals surface area contributed by atoms with Crippen molar-refractivity contribution in [3.05, 3.63) is 66.4 Å². The van der Waals surface area contributed by atoms with Gasteiger partial charge >= 0.3 is 18.7 Å². The molecule has 0 unspecified atom stereocenters. The van der Waals surface area contributed by atoms with Crippen LogP contribution in [0.15, 0.2) is 60.8 Å². The monoisotopic (exact) mass is 457 g/mol. The highest BCUT2D eigenvalue weighted by Crippen LogP contribution is 2.36. The van der Waals surface area contributed by atoms with Crippen LogP contribution in [0.3, 0.4) is 0 Å². The molecule has 0 radical (unpaired) electrons. The third-order valence-corrected chi connectivity index (χ3v) is 4.12. The molecule has 0 bridgehead atoms. The zero-order valence-electron chi connectivity index (χ0n) is 15.9. The molecular formula is C21H13F6NO4. The molecular weight excluding hydrogens is 444 g/mol. The average Bonchev–Trinajstić information content (AvgIpc) is 2.66. The summed E-state index contributed by atoms with van der Waals surface area (Å²) in [5, 5.41) is 9.23. The molecule has 1 aromatic heterocycles. The molecule has 168 valence electrons. The molecule has 3 aromatic rings. The standard InChI is InChI=1S/C21H13F6NO4/c22-20(23,24)31-15-5-1-12(2-6-15)18-14(11-17(29)30)9-10-28-19(18)13-3-7-16(8-4-13)32-21(25,26)27/h1-10H,11H2,(H,29,30). The number of benzene rings is 2. The van der Waals surface area contributed by atoms with E-state index in [0.717, 1.165) is 24.3 Å². The van der Waals surface area contributed by atoms with Gasteiger partial charge in [-0.1, -0.05) is 12.1 Å². The Balaban J connectivity index is 2.05. The first-order chi connectivity index (χ1) is 14.9. The van der Waals surface area contributed by atoms with Crippen LogP contribution >= 0.6 is 0 Å². The van der Waals surface area contributed by atoms with Gasteiger partial charge in [-0.3, -0.25) is 9.78 Å². The number of halogens is 6. The Labute approximate surface area is 176 Å². The number of rotatable bonds is 6. The molecule has 11 heteroatoms. The van der Waals surface area contributed by atoms with E-state index in [1.54, 1.807) is 0 Å². The maximum atomic E-state index is 12.4. The molecule has 0 aliphatic heterocycles. The third kappa shape index (κ3) is 6.13. The molecule has 0 aliphatic carbocycles. The zero-order chi connectivity index (χ0) is 23.5. The SMILES string of the molecule is O=C(O)Cc1ccnc(-c2ccc(OC(F)(F)F)cc2)c1-c1ccc(OC(F)(F)F)cc1. The lowest BCUT2D eigenvalue weighted by Crippen LogP contribution is -2.17. The van der Waals surface area contributed by atoms with Crippen molar-refractivity contribution in [2.24, 2.45) is 0 Å². The summed E-state index contributed by atoms with van der Waals surface area (Å²) in [6.45, 7) is 0. The summed E-state index contributed by atoms with van der Waals surface area (Å²) in [6.07, 6.45) is -8.83. The van der Waals surface area contributed by atoms with Crippen molar-refractivity contribution in [1.82, 2.24) is 4.98 Å². The van der Waals surface area contributed by atoms with Crippen LogP contribution < -0.4 is 9.47 Å². The van der Waals surface area contributed by atoms with E-state index in [-0.39, 0.29) is 5.69 Å². The van der Waals surface area contributed by atoms with E-state index in [4.69, 9.17) is 0 Å². The third-order valence-electron chi connectivity index (χ3n) is 4.12. The molecule has 1 heterocycles. The minimum atomic E-state index is -4.88. The fourth-order valence-corrected chi connectivity index (χ4v) is 2.99. The van der Waals surface area contributed by atoms with E-state index in [9.17, 15) is 36.2 Å². The minimum Gasteiger partial charge on any atom is -0.481 e. The number of carbonyl (C=O) groups is 1. The molecule has 0 fully saturated rings. The highest BCUT2D eigenvalue weighted by atomic mass is 19.4. The van der Waals surface area contributed by atoms with Gasteiger partial charge in [0.1, 0.15) is 11.5 Å². The van der Waals surface area contributed by atoms with Crippen molar-refractivity contribution in [2.75, 3.05) is 0 Å². The first-order valence-corrected chi connectivity index (χ1v) is 8.83. The van der Waals surface area contributed by atoms with Crippen LogP contribution in [-0.2, 0) is 11.2 Å². The van der Waals surface area contributed by atoms with Gasteiger partial charge in [0.25, 0.3) is 0 Å². The Morgan fingerprint density at radius 1 is 0.781 bits per heavy atom. The van der Waals surface area contributed by atoms with Crippen molar-refractivity contribution in [3.8, 4) is 33.9 Å². The van der Waals surface area contributed by atoms with E-state index in [0.29, 0.717) is 22.3 Å². The zero-order valence-corrected chi connectivity index (χ0v) is 15.9. The Kier molecular flexibility index (Phi) is 6.28. The minimum absolute atomic E-state index is 0.229. The van der Waals surface area contributed by atoms with Crippen LogP contribution in [0.5, 0.6) is 11.5 Å². The Hall–Kier alpha value is -3.76. The second-order valence-electron chi connectivity index (χ2n) is 6.41. The Morgan fingerprint density at radius 3 is 1.69 bits per heavy atom. The number of nitrogens with zero attached hydrogens (tertiary/aromatic N) is 1. The number of alkyl halides is 6. The molecule has 0 aliphatic rings. The number of carboxylic acids is 1. The summed E-state index contributed by atoms with van der Waals surface area (Å²) < 4.78 is 82.1. The molecule has 1 N–H and O–H groups in total. The van der Waals surface area contributed by atoms with Crippen LogP contribution in [0.2, 0.25) is 0 Å². The number of ether oxygens (including phenoxy) is 2. The molecule has 0 amide bonds. The molecule has 0 spiro atoms. The summed E-state index contributed by atoms with van der Waals surface area (Å²) in [7, 11) is 0. The van der Waals surface area contributed by atoms with Crippen molar-refractivity contribution >= 4 is 5.97 Å². The summed E-state index contributed by atoms with van der Waals surface area (Å²) in [5.74, 6) is -2.09. The predicted molar refractivity (Wildman–Crippen MR) is 99.8 cm³/mol. The highest BCUT2D eigenvalue weighted by molar-refractivity contribution is 5.86. The normalized spacial score (nSPS) is 11.8. The van der Waals surface area contributed by atoms with Crippen LogP contribution in [0.25, 0.3) is 22.4 Å². The highest BCUT2D eigenvalue weighted by Gasteiger charge is 2.32. The molecule has 2 aromatic carbocycles. The van der Waals surface area contributed by atoms with Gasteiger partial charge in [-0.05, 0) is 53.6 Å². The summed E-state index contributed by atoms with van der Waals surface area (Å²) in [4.78, 5) is 15.5.